The number of aromatic nitrogens is 2. The van der Waals surface area contributed by atoms with E-state index in [1.807, 2.05) is 13.0 Å². The summed E-state index contributed by atoms with van der Waals surface area (Å²) in [6.45, 7) is 4.32. The van der Waals surface area contributed by atoms with E-state index in [9.17, 15) is 4.79 Å². The molecule has 0 saturated heterocycles. The highest BCUT2D eigenvalue weighted by Gasteiger charge is 2.16. The monoisotopic (exact) mass is 453 g/mol. The van der Waals surface area contributed by atoms with Crippen LogP contribution in [0.4, 0.5) is 5.13 Å². The van der Waals surface area contributed by atoms with Crippen molar-refractivity contribution >= 4 is 57.3 Å². The van der Waals surface area contributed by atoms with Gasteiger partial charge in [0.2, 0.25) is 5.13 Å². The van der Waals surface area contributed by atoms with E-state index in [-0.39, 0.29) is 16.0 Å². The van der Waals surface area contributed by atoms with E-state index in [1.54, 1.807) is 11.8 Å². The van der Waals surface area contributed by atoms with Crippen LogP contribution in [0.1, 0.15) is 28.4 Å². The van der Waals surface area contributed by atoms with Crippen LogP contribution in [0, 0.1) is 6.92 Å². The van der Waals surface area contributed by atoms with Gasteiger partial charge in [0.1, 0.15) is 0 Å². The number of nitrogens with zero attached hydrogens (tertiary/aromatic N) is 2. The largest absolute Gasteiger partial charge is 0.491 e. The van der Waals surface area contributed by atoms with Gasteiger partial charge in [-0.25, -0.2) is 0 Å². The smallest absolute Gasteiger partial charge is 0.257 e. The summed E-state index contributed by atoms with van der Waals surface area (Å²) in [6.07, 6.45) is 0. The molecular formula is C19H17Cl2N3O2S2. The van der Waals surface area contributed by atoms with Crippen molar-refractivity contribution in [3.63, 3.8) is 0 Å². The number of anilines is 1. The van der Waals surface area contributed by atoms with Gasteiger partial charge in [-0.3, -0.25) is 10.1 Å². The van der Waals surface area contributed by atoms with Crippen LogP contribution in [-0.2, 0) is 5.75 Å². The summed E-state index contributed by atoms with van der Waals surface area (Å²) in [5, 5.41) is 11.9. The fraction of sp³-hybridized carbons (Fsp3) is 0.211. The SMILES string of the molecule is CCOc1c(Cl)cc(C(=O)Nc2nnc(SCc3cccc(C)c3)s2)cc1Cl. The van der Waals surface area contributed by atoms with Crippen LogP contribution in [0.2, 0.25) is 10.0 Å². The van der Waals surface area contributed by atoms with Gasteiger partial charge in [-0.1, -0.05) is 76.1 Å². The summed E-state index contributed by atoms with van der Waals surface area (Å²) >= 11 is 15.2. The van der Waals surface area contributed by atoms with Crippen LogP contribution < -0.4 is 10.1 Å². The summed E-state index contributed by atoms with van der Waals surface area (Å²) in [4.78, 5) is 12.5. The van der Waals surface area contributed by atoms with Gasteiger partial charge >= 0.3 is 0 Å². The number of nitrogens with one attached hydrogen (secondary N) is 1. The molecule has 1 N–H and O–H groups in total. The van der Waals surface area contributed by atoms with Gasteiger partial charge in [-0.2, -0.15) is 0 Å². The molecule has 28 heavy (non-hydrogen) atoms. The zero-order chi connectivity index (χ0) is 20.1. The molecule has 5 nitrogen and oxygen atoms in total. The van der Waals surface area contributed by atoms with Crippen LogP contribution in [0.25, 0.3) is 0 Å². The molecule has 0 fully saturated rings. The van der Waals surface area contributed by atoms with Gasteiger partial charge in [0.25, 0.3) is 5.91 Å². The minimum absolute atomic E-state index is 0.283. The molecule has 9 heteroatoms. The van der Waals surface area contributed by atoms with E-state index in [0.29, 0.717) is 23.1 Å². The molecule has 0 aliphatic heterocycles. The molecule has 0 atom stereocenters. The van der Waals surface area contributed by atoms with Gasteiger partial charge in [-0.05, 0) is 31.5 Å². The number of halogens is 2. The molecule has 0 aliphatic rings. The Hall–Kier alpha value is -1.80. The van der Waals surface area contributed by atoms with Crippen molar-refractivity contribution in [3.05, 3.63) is 63.1 Å². The maximum absolute atomic E-state index is 12.5. The second kappa shape index (κ2) is 9.60. The first-order valence-electron chi connectivity index (χ1n) is 8.41. The molecule has 2 aromatic carbocycles. The second-order valence-electron chi connectivity index (χ2n) is 5.81. The maximum atomic E-state index is 12.5. The normalized spacial score (nSPS) is 10.7. The number of benzene rings is 2. The van der Waals surface area contributed by atoms with Crippen molar-refractivity contribution in [2.45, 2.75) is 23.9 Å². The summed E-state index contributed by atoms with van der Waals surface area (Å²) in [7, 11) is 0. The molecular weight excluding hydrogens is 437 g/mol. The van der Waals surface area contributed by atoms with Gasteiger partial charge < -0.3 is 4.74 Å². The molecule has 3 rings (SSSR count). The van der Waals surface area contributed by atoms with Gasteiger partial charge in [0.15, 0.2) is 10.1 Å². The Morgan fingerprint density at radius 2 is 1.96 bits per heavy atom. The first kappa shape index (κ1) is 20.9. The molecule has 3 aromatic rings. The van der Waals surface area contributed by atoms with Gasteiger partial charge in [0.05, 0.1) is 16.7 Å². The number of ether oxygens (including phenoxy) is 1. The van der Waals surface area contributed by atoms with Crippen molar-refractivity contribution < 1.29 is 9.53 Å². The zero-order valence-corrected chi connectivity index (χ0v) is 18.3. The highest BCUT2D eigenvalue weighted by molar-refractivity contribution is 8.00. The van der Waals surface area contributed by atoms with E-state index in [2.05, 4.69) is 40.6 Å². The molecule has 0 saturated carbocycles. The van der Waals surface area contributed by atoms with Crippen molar-refractivity contribution in [2.75, 3.05) is 11.9 Å². The highest BCUT2D eigenvalue weighted by atomic mass is 35.5. The average Bonchev–Trinajstić information content (AvgIpc) is 3.10. The van der Waals surface area contributed by atoms with E-state index in [4.69, 9.17) is 27.9 Å². The fourth-order valence-corrected chi connectivity index (χ4v) is 4.69. The van der Waals surface area contributed by atoms with Crippen LogP contribution in [0.3, 0.4) is 0 Å². The highest BCUT2D eigenvalue weighted by Crippen LogP contribution is 2.35. The van der Waals surface area contributed by atoms with E-state index in [1.165, 1.54) is 34.6 Å². The topological polar surface area (TPSA) is 64.1 Å². The van der Waals surface area contributed by atoms with Crippen LogP contribution in [0.5, 0.6) is 5.75 Å². The Bertz CT molecular complexity index is 972. The molecule has 0 aliphatic carbocycles. The van der Waals surface area contributed by atoms with E-state index < -0.39 is 0 Å². The Kier molecular flexibility index (Phi) is 7.18. The van der Waals surface area contributed by atoms with Crippen molar-refractivity contribution in [3.8, 4) is 5.75 Å². The third-order valence-corrected chi connectivity index (χ3v) is 6.23. The van der Waals surface area contributed by atoms with Crippen LogP contribution in [-0.4, -0.2) is 22.7 Å². The van der Waals surface area contributed by atoms with E-state index in [0.717, 1.165) is 10.1 Å². The molecule has 0 radical (unpaired) electrons. The third-order valence-electron chi connectivity index (χ3n) is 3.62. The summed E-state index contributed by atoms with van der Waals surface area (Å²) < 4.78 is 6.15. The Balaban J connectivity index is 1.64. The lowest BCUT2D eigenvalue weighted by atomic mass is 10.2. The minimum atomic E-state index is -0.363. The number of amides is 1. The number of carbonyl (C=O) groups is 1. The number of hydrogen-bond acceptors (Lipinski definition) is 6. The third kappa shape index (κ3) is 5.38. The molecule has 0 bridgehead atoms. The standard InChI is InChI=1S/C19H17Cl2N3O2S2/c1-3-26-16-14(20)8-13(9-15(16)21)17(25)22-18-23-24-19(28-18)27-10-12-6-4-5-11(2)7-12/h4-9H,3,10H2,1-2H3,(H,22,23,25). The van der Waals surface area contributed by atoms with Crippen molar-refractivity contribution in [2.24, 2.45) is 0 Å². The Morgan fingerprint density at radius 3 is 2.64 bits per heavy atom. The molecule has 1 aromatic heterocycles. The molecule has 0 spiro atoms. The lowest BCUT2D eigenvalue weighted by Crippen LogP contribution is -2.12. The first-order valence-corrected chi connectivity index (χ1v) is 11.0. The average molecular weight is 454 g/mol. The lowest BCUT2D eigenvalue weighted by molar-refractivity contribution is 0.102. The number of rotatable bonds is 7. The number of aryl methyl sites for hydroxylation is 1. The van der Waals surface area contributed by atoms with Gasteiger partial charge in [0, 0.05) is 11.3 Å². The predicted octanol–water partition coefficient (Wildman–Crippen LogP) is 6.10. The van der Waals surface area contributed by atoms with Gasteiger partial charge in [-0.15, -0.1) is 10.2 Å². The Morgan fingerprint density at radius 1 is 1.21 bits per heavy atom. The number of thioether (sulfide) groups is 1. The lowest BCUT2D eigenvalue weighted by Gasteiger charge is -2.09. The zero-order valence-electron chi connectivity index (χ0n) is 15.2. The molecule has 1 amide bonds. The van der Waals surface area contributed by atoms with E-state index >= 15 is 0 Å². The molecule has 0 unspecified atom stereocenters. The fourth-order valence-electron chi connectivity index (χ4n) is 2.41. The Labute approximate surface area is 181 Å². The second-order valence-corrected chi connectivity index (χ2v) is 8.82. The quantitative estimate of drug-likeness (QED) is 0.345. The number of hydrogen-bond donors (Lipinski definition) is 1. The predicted molar refractivity (Wildman–Crippen MR) is 116 cm³/mol. The van der Waals surface area contributed by atoms with Crippen molar-refractivity contribution in [1.82, 2.24) is 10.2 Å². The van der Waals surface area contributed by atoms with Crippen LogP contribution >= 0.6 is 46.3 Å². The molecule has 146 valence electrons. The van der Waals surface area contributed by atoms with Crippen molar-refractivity contribution in [1.29, 1.82) is 0 Å². The molecule has 1 heterocycles. The minimum Gasteiger partial charge on any atom is -0.491 e. The summed E-state index contributed by atoms with van der Waals surface area (Å²) in [5.74, 6) is 0.792. The summed E-state index contributed by atoms with van der Waals surface area (Å²) in [5.41, 5.74) is 2.75. The number of carbonyl (C=O) groups excluding carboxylic acids is 1. The van der Waals surface area contributed by atoms with Crippen LogP contribution in [0.15, 0.2) is 40.7 Å². The first-order chi connectivity index (χ1) is 13.5. The summed E-state index contributed by atoms with van der Waals surface area (Å²) in [6, 6.07) is 11.3. The maximum Gasteiger partial charge on any atom is 0.257 e.